The first kappa shape index (κ1) is 8.30. The zero-order valence-corrected chi connectivity index (χ0v) is 6.95. The molecule has 0 fully saturated rings. The second-order valence-electron chi connectivity index (χ2n) is 1.92. The summed E-state index contributed by atoms with van der Waals surface area (Å²) >= 11 is 10.6. The Morgan fingerprint density at radius 3 is 2.45 bits per heavy atom. The first-order chi connectivity index (χ1) is 5.27. The number of hydrogen-bond donors (Lipinski definition) is 3. The van der Waals surface area contributed by atoms with Crippen molar-refractivity contribution in [3.8, 4) is 5.75 Å². The summed E-state index contributed by atoms with van der Waals surface area (Å²) in [7, 11) is 0. The van der Waals surface area contributed by atoms with Gasteiger partial charge in [-0.1, -0.05) is 0 Å². The third-order valence-corrected chi connectivity index (χ3v) is 1.63. The van der Waals surface area contributed by atoms with Crippen LogP contribution in [-0.4, -0.2) is 5.11 Å². The van der Waals surface area contributed by atoms with Crippen LogP contribution in [0.1, 0.15) is 0 Å². The molecule has 60 valence electrons. The third kappa shape index (κ3) is 1.82. The number of anilines is 2. The fourth-order valence-corrected chi connectivity index (χ4v) is 0.939. The fraction of sp³-hybridized carbons (Fsp3) is 0. The van der Waals surface area contributed by atoms with E-state index in [2.05, 4.69) is 9.67 Å². The van der Waals surface area contributed by atoms with Gasteiger partial charge in [0.05, 0.1) is 11.4 Å². The van der Waals surface area contributed by atoms with Crippen LogP contribution in [0, 0.1) is 0 Å². The van der Waals surface area contributed by atoms with Crippen molar-refractivity contribution in [2.75, 3.05) is 9.67 Å². The van der Waals surface area contributed by atoms with Gasteiger partial charge in [0.2, 0.25) is 0 Å². The van der Waals surface area contributed by atoms with E-state index in [0.29, 0.717) is 11.4 Å². The van der Waals surface area contributed by atoms with Gasteiger partial charge in [0.15, 0.2) is 0 Å². The average Bonchev–Trinajstić information content (AvgIpc) is 2.05. The Morgan fingerprint density at radius 1 is 1.18 bits per heavy atom. The molecule has 0 saturated carbocycles. The van der Waals surface area contributed by atoms with Crippen molar-refractivity contribution in [1.82, 2.24) is 0 Å². The first-order valence-corrected chi connectivity index (χ1v) is 3.60. The summed E-state index contributed by atoms with van der Waals surface area (Å²) in [6.45, 7) is 0. The maximum absolute atomic E-state index is 9.11. The van der Waals surface area contributed by atoms with Crippen molar-refractivity contribution < 1.29 is 5.11 Å². The predicted molar refractivity (Wildman–Crippen MR) is 47.1 cm³/mol. The molecule has 0 atom stereocenters. The molecule has 0 aromatic heterocycles. The molecule has 0 saturated heterocycles. The van der Waals surface area contributed by atoms with Crippen LogP contribution in [0.2, 0.25) is 0 Å². The molecule has 5 heteroatoms. The summed E-state index contributed by atoms with van der Waals surface area (Å²) in [6.07, 6.45) is 0. The molecule has 0 bridgehead atoms. The van der Waals surface area contributed by atoms with Gasteiger partial charge in [0.25, 0.3) is 0 Å². The van der Waals surface area contributed by atoms with E-state index in [4.69, 9.17) is 28.7 Å². The Kier molecular flexibility index (Phi) is 2.68. The van der Waals surface area contributed by atoms with Crippen LogP contribution in [0.5, 0.6) is 5.75 Å². The van der Waals surface area contributed by atoms with Crippen LogP contribution in [0.25, 0.3) is 0 Å². The van der Waals surface area contributed by atoms with Crippen LogP contribution in [-0.2, 0) is 0 Å². The summed E-state index contributed by atoms with van der Waals surface area (Å²) in [6, 6.07) is 4.69. The number of nitrogens with one attached hydrogen (secondary N) is 2. The van der Waals surface area contributed by atoms with Crippen molar-refractivity contribution >= 4 is 34.9 Å². The number of halogens is 2. The van der Waals surface area contributed by atoms with Gasteiger partial charge in [-0.15, -0.1) is 0 Å². The number of phenols is 1. The molecule has 11 heavy (non-hydrogen) atoms. The minimum Gasteiger partial charge on any atom is -0.506 e. The highest BCUT2D eigenvalue weighted by Gasteiger charge is 1.99. The minimum absolute atomic E-state index is 0.0793. The van der Waals surface area contributed by atoms with E-state index in [1.807, 2.05) is 0 Å². The Morgan fingerprint density at radius 2 is 1.91 bits per heavy atom. The third-order valence-electron chi connectivity index (χ3n) is 1.21. The molecule has 1 aromatic carbocycles. The van der Waals surface area contributed by atoms with Crippen LogP contribution in [0.4, 0.5) is 11.4 Å². The van der Waals surface area contributed by atoms with Crippen molar-refractivity contribution in [3.63, 3.8) is 0 Å². The lowest BCUT2D eigenvalue weighted by atomic mass is 10.3. The van der Waals surface area contributed by atoms with Crippen LogP contribution < -0.4 is 9.67 Å². The second-order valence-corrected chi connectivity index (χ2v) is 2.30. The molecule has 0 aliphatic rings. The Labute approximate surface area is 74.2 Å². The van der Waals surface area contributed by atoms with Gasteiger partial charge in [0, 0.05) is 23.6 Å². The SMILES string of the molecule is Oc1ccc(NCl)cc1NCl. The summed E-state index contributed by atoms with van der Waals surface area (Å²) in [5, 5.41) is 9.11. The van der Waals surface area contributed by atoms with Gasteiger partial charge >= 0.3 is 0 Å². The molecular formula is C6H6Cl2N2O. The molecule has 0 aliphatic heterocycles. The topological polar surface area (TPSA) is 44.3 Å². The first-order valence-electron chi connectivity index (χ1n) is 2.84. The molecule has 3 nitrogen and oxygen atoms in total. The van der Waals surface area contributed by atoms with Crippen molar-refractivity contribution in [1.29, 1.82) is 0 Å². The molecule has 0 unspecified atom stereocenters. The zero-order chi connectivity index (χ0) is 8.27. The smallest absolute Gasteiger partial charge is 0.140 e. The van der Waals surface area contributed by atoms with Crippen molar-refractivity contribution in [2.45, 2.75) is 0 Å². The standard InChI is InChI=1S/C6H6Cl2N2O/c7-9-4-1-2-6(11)5(3-4)10-8/h1-3,9-11H. The normalized spacial score (nSPS) is 9.27. The highest BCUT2D eigenvalue weighted by molar-refractivity contribution is 6.25. The number of phenolic OH excluding ortho intramolecular Hbond substituents is 1. The van der Waals surface area contributed by atoms with E-state index < -0.39 is 0 Å². The zero-order valence-electron chi connectivity index (χ0n) is 5.44. The predicted octanol–water partition coefficient (Wildman–Crippen LogP) is 2.52. The van der Waals surface area contributed by atoms with E-state index in [1.165, 1.54) is 6.07 Å². The maximum atomic E-state index is 9.11. The van der Waals surface area contributed by atoms with E-state index >= 15 is 0 Å². The van der Waals surface area contributed by atoms with E-state index in [-0.39, 0.29) is 5.75 Å². The largest absolute Gasteiger partial charge is 0.506 e. The molecule has 0 aliphatic carbocycles. The highest BCUT2D eigenvalue weighted by Crippen LogP contribution is 2.27. The summed E-state index contributed by atoms with van der Waals surface area (Å²) in [4.78, 5) is 4.68. The van der Waals surface area contributed by atoms with Crippen molar-refractivity contribution in [2.24, 2.45) is 0 Å². The monoisotopic (exact) mass is 192 g/mol. The van der Waals surface area contributed by atoms with Crippen LogP contribution in [0.3, 0.4) is 0 Å². The lowest BCUT2D eigenvalue weighted by Gasteiger charge is -2.03. The molecule has 3 N–H and O–H groups in total. The molecule has 1 aromatic rings. The second kappa shape index (κ2) is 3.55. The van der Waals surface area contributed by atoms with Crippen molar-refractivity contribution in [3.05, 3.63) is 18.2 Å². The summed E-state index contributed by atoms with van der Waals surface area (Å²) < 4.78 is 0. The lowest BCUT2D eigenvalue weighted by Crippen LogP contribution is -1.84. The van der Waals surface area contributed by atoms with Crippen LogP contribution in [0.15, 0.2) is 18.2 Å². The van der Waals surface area contributed by atoms with E-state index in [0.717, 1.165) is 0 Å². The number of benzene rings is 1. The van der Waals surface area contributed by atoms with E-state index in [9.17, 15) is 0 Å². The summed E-state index contributed by atoms with van der Waals surface area (Å²) in [5.74, 6) is 0.0793. The Bertz CT molecular complexity index is 254. The van der Waals surface area contributed by atoms with Gasteiger partial charge in [-0.2, -0.15) is 0 Å². The van der Waals surface area contributed by atoms with Gasteiger partial charge < -0.3 is 5.11 Å². The molecule has 0 radical (unpaired) electrons. The van der Waals surface area contributed by atoms with Gasteiger partial charge in [0.1, 0.15) is 5.75 Å². The van der Waals surface area contributed by atoms with Gasteiger partial charge in [-0.05, 0) is 18.2 Å². The Hall–Kier alpha value is -0.800. The molecule has 0 heterocycles. The highest BCUT2D eigenvalue weighted by atomic mass is 35.5. The van der Waals surface area contributed by atoms with Gasteiger partial charge in [-0.3, -0.25) is 9.67 Å². The quantitative estimate of drug-likeness (QED) is 0.384. The van der Waals surface area contributed by atoms with E-state index in [1.54, 1.807) is 12.1 Å². The molecule has 0 amide bonds. The summed E-state index contributed by atoms with van der Waals surface area (Å²) in [5.41, 5.74) is 1.07. The fourth-order valence-electron chi connectivity index (χ4n) is 0.671. The minimum atomic E-state index is 0.0793. The molecular weight excluding hydrogens is 187 g/mol. The average molecular weight is 193 g/mol. The Balaban J connectivity index is 3.02. The van der Waals surface area contributed by atoms with Gasteiger partial charge in [-0.25, -0.2) is 0 Å². The van der Waals surface area contributed by atoms with Crippen LogP contribution >= 0.6 is 23.6 Å². The number of hydrogen-bond acceptors (Lipinski definition) is 3. The number of rotatable bonds is 2. The lowest BCUT2D eigenvalue weighted by molar-refractivity contribution is 0.478. The maximum Gasteiger partial charge on any atom is 0.140 e. The molecule has 1 rings (SSSR count). The number of aromatic hydroxyl groups is 1. The molecule has 0 spiro atoms.